The summed E-state index contributed by atoms with van der Waals surface area (Å²) in [4.78, 5) is 22.1. The first-order valence-corrected chi connectivity index (χ1v) is 11.6. The number of rotatable bonds is 7. The second-order valence-corrected chi connectivity index (χ2v) is 8.77. The highest BCUT2D eigenvalue weighted by Gasteiger charge is 2.27. The highest BCUT2D eigenvalue weighted by atomic mass is 32.1. The summed E-state index contributed by atoms with van der Waals surface area (Å²) in [7, 11) is 0. The molecule has 158 valence electrons. The van der Waals surface area contributed by atoms with Crippen LogP contribution in [0.2, 0.25) is 0 Å². The van der Waals surface area contributed by atoms with Gasteiger partial charge in [-0.1, -0.05) is 25.1 Å². The van der Waals surface area contributed by atoms with Crippen LogP contribution in [0.1, 0.15) is 48.0 Å². The molecular weight excluding hydrogens is 394 g/mol. The van der Waals surface area contributed by atoms with Crippen molar-refractivity contribution < 1.29 is 9.21 Å². The normalized spacial score (nSPS) is 15.1. The second-order valence-electron chi connectivity index (χ2n) is 7.91. The maximum absolute atomic E-state index is 12.7. The lowest BCUT2D eigenvalue weighted by atomic mass is 10.0. The van der Waals surface area contributed by atoms with Crippen molar-refractivity contribution >= 4 is 17.2 Å². The Kier molecular flexibility index (Phi) is 6.65. The minimum absolute atomic E-state index is 0.147. The highest BCUT2D eigenvalue weighted by Crippen LogP contribution is 2.27. The lowest BCUT2D eigenvalue weighted by molar-refractivity contribution is 0.0605. The van der Waals surface area contributed by atoms with E-state index in [4.69, 9.17) is 9.40 Å². The molecule has 1 aliphatic rings. The number of benzene rings is 1. The molecule has 1 amide bonds. The molecule has 2 aromatic heterocycles. The van der Waals surface area contributed by atoms with E-state index in [2.05, 4.69) is 17.2 Å². The van der Waals surface area contributed by atoms with Gasteiger partial charge in [0.15, 0.2) is 10.8 Å². The predicted molar refractivity (Wildman–Crippen MR) is 121 cm³/mol. The number of piperidine rings is 1. The quantitative estimate of drug-likeness (QED) is 0.522. The number of hydrogen-bond donors (Lipinski definition) is 0. The van der Waals surface area contributed by atoms with Gasteiger partial charge in [-0.25, -0.2) is 4.98 Å². The van der Waals surface area contributed by atoms with Gasteiger partial charge in [0, 0.05) is 36.6 Å². The van der Waals surface area contributed by atoms with Gasteiger partial charge >= 0.3 is 0 Å². The molecule has 0 radical (unpaired) electrons. The van der Waals surface area contributed by atoms with Gasteiger partial charge < -0.3 is 9.32 Å². The van der Waals surface area contributed by atoms with Gasteiger partial charge in [0.25, 0.3) is 5.91 Å². The van der Waals surface area contributed by atoms with Crippen LogP contribution in [0, 0.1) is 6.92 Å². The number of likely N-dealkylation sites (tertiary alicyclic amines) is 1. The first kappa shape index (κ1) is 20.8. The molecule has 1 saturated heterocycles. The number of thiazole rings is 1. The van der Waals surface area contributed by atoms with Crippen LogP contribution in [0.4, 0.5) is 0 Å². The van der Waals surface area contributed by atoms with Crippen LogP contribution >= 0.6 is 11.3 Å². The Morgan fingerprint density at radius 1 is 1.20 bits per heavy atom. The molecule has 0 saturated carbocycles. The number of hydrogen-bond acceptors (Lipinski definition) is 5. The Bertz CT molecular complexity index is 958. The zero-order valence-corrected chi connectivity index (χ0v) is 18.5. The number of nitrogens with zero attached hydrogens (tertiary/aromatic N) is 3. The van der Waals surface area contributed by atoms with Gasteiger partial charge in [0.2, 0.25) is 0 Å². The molecule has 6 heteroatoms. The minimum Gasteiger partial charge on any atom is -0.459 e. The number of aromatic nitrogens is 1. The monoisotopic (exact) mass is 423 g/mol. The van der Waals surface area contributed by atoms with Crippen molar-refractivity contribution in [1.82, 2.24) is 14.8 Å². The largest absolute Gasteiger partial charge is 0.459 e. The Morgan fingerprint density at radius 2 is 1.97 bits per heavy atom. The van der Waals surface area contributed by atoms with Crippen molar-refractivity contribution in [2.75, 3.05) is 19.6 Å². The molecule has 0 unspecified atom stereocenters. The van der Waals surface area contributed by atoms with Crippen LogP contribution in [0.25, 0.3) is 10.8 Å². The van der Waals surface area contributed by atoms with Gasteiger partial charge in [-0.05, 0) is 57.0 Å². The van der Waals surface area contributed by atoms with Crippen LogP contribution in [0.3, 0.4) is 0 Å². The fourth-order valence-corrected chi connectivity index (χ4v) is 4.90. The van der Waals surface area contributed by atoms with E-state index in [1.165, 1.54) is 0 Å². The van der Waals surface area contributed by atoms with Crippen molar-refractivity contribution in [3.05, 3.63) is 64.9 Å². The maximum Gasteiger partial charge on any atom is 0.253 e. The summed E-state index contributed by atoms with van der Waals surface area (Å²) in [5, 5.41) is 3.09. The fourth-order valence-electron chi connectivity index (χ4n) is 4.13. The number of aryl methyl sites for hydroxylation is 1. The van der Waals surface area contributed by atoms with Crippen LogP contribution in [0.5, 0.6) is 0 Å². The third-order valence-electron chi connectivity index (χ3n) is 5.67. The van der Waals surface area contributed by atoms with Crippen molar-refractivity contribution in [3.8, 4) is 10.8 Å². The molecule has 0 N–H and O–H groups in total. The summed E-state index contributed by atoms with van der Waals surface area (Å²) in [6.07, 6.45) is 3.12. The summed E-state index contributed by atoms with van der Waals surface area (Å²) in [5.41, 5.74) is 1.88. The molecule has 1 fully saturated rings. The van der Waals surface area contributed by atoms with Gasteiger partial charge in [0.05, 0.1) is 5.69 Å². The summed E-state index contributed by atoms with van der Waals surface area (Å²) < 4.78 is 5.72. The minimum atomic E-state index is 0.147. The summed E-state index contributed by atoms with van der Waals surface area (Å²) in [6, 6.07) is 14.1. The Morgan fingerprint density at radius 3 is 2.63 bits per heavy atom. The lowest BCUT2D eigenvalue weighted by Crippen LogP contribution is -2.46. The Hall–Kier alpha value is -2.44. The first-order valence-electron chi connectivity index (χ1n) is 10.7. The number of amides is 1. The van der Waals surface area contributed by atoms with Gasteiger partial charge in [-0.15, -0.1) is 11.3 Å². The van der Waals surface area contributed by atoms with Gasteiger partial charge in [0.1, 0.15) is 5.76 Å². The van der Waals surface area contributed by atoms with Crippen molar-refractivity contribution in [2.24, 2.45) is 0 Å². The number of carbonyl (C=O) groups excluding carboxylic acids is 1. The summed E-state index contributed by atoms with van der Waals surface area (Å²) >= 11 is 1.64. The number of carbonyl (C=O) groups is 1. The standard InChI is InChI=1S/C24H29N3O2S/c1-3-13-27(16-20-17-30-23(25-20)22-10-9-18(2)29-22)21-11-14-26(15-12-21)24(28)19-7-5-4-6-8-19/h4-10,17,21H,3,11-16H2,1-2H3. The smallest absolute Gasteiger partial charge is 0.253 e. The molecule has 0 atom stereocenters. The van der Waals surface area contributed by atoms with E-state index in [1.54, 1.807) is 11.3 Å². The molecule has 1 aromatic carbocycles. The lowest BCUT2D eigenvalue weighted by Gasteiger charge is -2.38. The summed E-state index contributed by atoms with van der Waals surface area (Å²) in [5.74, 6) is 1.90. The van der Waals surface area contributed by atoms with E-state index in [0.29, 0.717) is 6.04 Å². The van der Waals surface area contributed by atoms with E-state index in [-0.39, 0.29) is 5.91 Å². The molecule has 0 spiro atoms. The molecule has 1 aliphatic heterocycles. The Labute approximate surface area is 182 Å². The van der Waals surface area contributed by atoms with Crippen LogP contribution in [-0.4, -0.2) is 46.4 Å². The first-order chi connectivity index (χ1) is 14.6. The molecule has 30 heavy (non-hydrogen) atoms. The van der Waals surface area contributed by atoms with Crippen LogP contribution in [0.15, 0.2) is 52.3 Å². The molecule has 4 rings (SSSR count). The van der Waals surface area contributed by atoms with E-state index < -0.39 is 0 Å². The average molecular weight is 424 g/mol. The average Bonchev–Trinajstić information content (AvgIpc) is 3.42. The maximum atomic E-state index is 12.7. The van der Waals surface area contributed by atoms with Crippen molar-refractivity contribution in [1.29, 1.82) is 0 Å². The van der Waals surface area contributed by atoms with Crippen LogP contribution in [-0.2, 0) is 6.54 Å². The molecule has 0 aliphatic carbocycles. The SMILES string of the molecule is CCCN(Cc1csc(-c2ccc(C)o2)n1)C1CCN(C(=O)c2ccccc2)CC1. The second kappa shape index (κ2) is 9.58. The molecule has 3 aromatic rings. The molecule has 5 nitrogen and oxygen atoms in total. The van der Waals surface area contributed by atoms with Crippen molar-refractivity contribution in [3.63, 3.8) is 0 Å². The van der Waals surface area contributed by atoms with Crippen LogP contribution < -0.4 is 0 Å². The van der Waals surface area contributed by atoms with Gasteiger partial charge in [-0.3, -0.25) is 9.69 Å². The third-order valence-corrected chi connectivity index (χ3v) is 6.57. The van der Waals surface area contributed by atoms with Gasteiger partial charge in [-0.2, -0.15) is 0 Å². The fraction of sp³-hybridized carbons (Fsp3) is 0.417. The van der Waals surface area contributed by atoms with E-state index in [0.717, 1.165) is 73.2 Å². The third kappa shape index (κ3) is 4.82. The number of furan rings is 1. The zero-order valence-electron chi connectivity index (χ0n) is 17.7. The summed E-state index contributed by atoms with van der Waals surface area (Å²) in [6.45, 7) is 7.69. The molecular formula is C24H29N3O2S. The van der Waals surface area contributed by atoms with Crippen molar-refractivity contribution in [2.45, 2.75) is 45.7 Å². The topological polar surface area (TPSA) is 49.6 Å². The van der Waals surface area contributed by atoms with E-state index >= 15 is 0 Å². The highest BCUT2D eigenvalue weighted by molar-refractivity contribution is 7.13. The molecule has 0 bridgehead atoms. The molecule has 3 heterocycles. The van der Waals surface area contributed by atoms with E-state index in [9.17, 15) is 4.79 Å². The van der Waals surface area contributed by atoms with E-state index in [1.807, 2.05) is 54.3 Å². The zero-order chi connectivity index (χ0) is 20.9. The predicted octanol–water partition coefficient (Wildman–Crippen LogP) is 5.23. The Balaban J connectivity index is 1.37.